The van der Waals surface area contributed by atoms with Gasteiger partial charge in [0.2, 0.25) is 0 Å². The van der Waals surface area contributed by atoms with Crippen LogP contribution in [0.15, 0.2) is 35.1 Å². The Morgan fingerprint density at radius 1 is 1.02 bits per heavy atom. The van der Waals surface area contributed by atoms with Gasteiger partial charge in [0.05, 0.1) is 16.9 Å². The van der Waals surface area contributed by atoms with E-state index < -0.39 is 27.4 Å². The van der Waals surface area contributed by atoms with Crippen LogP contribution in [0.25, 0.3) is 11.0 Å². The molecule has 3 aromatic rings. The van der Waals surface area contributed by atoms with E-state index in [0.29, 0.717) is 59.6 Å². The lowest BCUT2D eigenvalue weighted by molar-refractivity contribution is -0.182. The normalized spacial score (nSPS) is 25.4. The fourth-order valence-corrected chi connectivity index (χ4v) is 7.88. The first-order valence-corrected chi connectivity index (χ1v) is 17.2. The SMILES string of the molecule is Cc1nc2c3cc(C4CCS(=O)(=O)CC4)c(=O)n(c3n1)CCCCCCCCC(C)(O)C(F)(F)c1cccc(c1)[C@@H](C)N2. The molecule has 2 aromatic heterocycles. The van der Waals surface area contributed by atoms with E-state index in [1.165, 1.54) is 19.1 Å². The molecule has 0 spiro atoms. The number of benzene rings is 1. The van der Waals surface area contributed by atoms with E-state index in [1.807, 2.05) is 6.92 Å². The molecule has 2 aliphatic rings. The van der Waals surface area contributed by atoms with Gasteiger partial charge in [-0.3, -0.25) is 9.36 Å². The molecule has 43 heavy (non-hydrogen) atoms. The summed E-state index contributed by atoms with van der Waals surface area (Å²) >= 11 is 0. The highest BCUT2D eigenvalue weighted by Crippen LogP contribution is 2.42. The van der Waals surface area contributed by atoms with Crippen LogP contribution in [0.5, 0.6) is 0 Å². The zero-order valence-corrected chi connectivity index (χ0v) is 26.0. The van der Waals surface area contributed by atoms with E-state index in [1.54, 1.807) is 29.7 Å². The van der Waals surface area contributed by atoms with Gasteiger partial charge >= 0.3 is 5.92 Å². The van der Waals surface area contributed by atoms with Crippen LogP contribution in [0.1, 0.15) is 106 Å². The molecule has 6 bridgehead atoms. The van der Waals surface area contributed by atoms with Crippen LogP contribution in [-0.4, -0.2) is 45.2 Å². The maximum atomic E-state index is 15.6. The third-order valence-corrected chi connectivity index (χ3v) is 10.9. The van der Waals surface area contributed by atoms with Crippen molar-refractivity contribution < 1.29 is 22.3 Å². The van der Waals surface area contributed by atoms with Crippen LogP contribution in [0, 0.1) is 6.92 Å². The number of nitrogens with one attached hydrogen (secondary N) is 1. The summed E-state index contributed by atoms with van der Waals surface area (Å²) in [5.41, 5.74) is -0.892. The molecule has 2 atom stereocenters. The third-order valence-electron chi connectivity index (χ3n) is 9.15. The molecule has 2 N–H and O–H groups in total. The molecular formula is C32H42F2N4O4S. The monoisotopic (exact) mass is 616 g/mol. The molecule has 1 unspecified atom stereocenters. The Morgan fingerprint density at radius 3 is 2.42 bits per heavy atom. The van der Waals surface area contributed by atoms with E-state index in [9.17, 15) is 18.3 Å². The van der Waals surface area contributed by atoms with Crippen molar-refractivity contribution in [3.05, 3.63) is 63.2 Å². The van der Waals surface area contributed by atoms with Crippen molar-refractivity contribution >= 4 is 26.7 Å². The van der Waals surface area contributed by atoms with Gasteiger partial charge in [-0.2, -0.15) is 8.78 Å². The Labute approximate surface area is 251 Å². The minimum Gasteiger partial charge on any atom is -0.384 e. The summed E-state index contributed by atoms with van der Waals surface area (Å²) in [5, 5.41) is 14.9. The number of alkyl halides is 2. The Morgan fingerprint density at radius 2 is 1.70 bits per heavy atom. The van der Waals surface area contributed by atoms with Crippen LogP contribution in [-0.2, 0) is 22.3 Å². The molecule has 1 aromatic carbocycles. The number of hydrogen-bond acceptors (Lipinski definition) is 7. The van der Waals surface area contributed by atoms with E-state index >= 15 is 8.78 Å². The van der Waals surface area contributed by atoms with Gasteiger partial charge in [0, 0.05) is 23.7 Å². The van der Waals surface area contributed by atoms with Gasteiger partial charge in [0.15, 0.2) is 0 Å². The summed E-state index contributed by atoms with van der Waals surface area (Å²) in [6.45, 7) is 5.28. The maximum Gasteiger partial charge on any atom is 0.300 e. The highest BCUT2D eigenvalue weighted by molar-refractivity contribution is 7.91. The standard InChI is InChI=1S/C32H42F2N4O4S/c1-21-24-11-10-12-25(19-24)32(33,34)31(3,40)15-8-6-4-5-7-9-16-38-29-27(28(35-21)36-22(2)37-29)20-26(30(38)39)23-13-17-43(41,42)18-14-23/h10-12,19-21,23,40H,4-9,13-18H2,1-3H3,(H,35,36,37)/t21-,31?/m1/s1. The zero-order valence-electron chi connectivity index (χ0n) is 25.2. The molecule has 8 nitrogen and oxygen atoms in total. The average Bonchev–Trinajstić information content (AvgIpc) is 2.95. The number of aromatic nitrogens is 3. The summed E-state index contributed by atoms with van der Waals surface area (Å²) < 4.78 is 57.3. The first-order valence-electron chi connectivity index (χ1n) is 15.4. The fraction of sp³-hybridized carbons (Fsp3) is 0.594. The van der Waals surface area contributed by atoms with E-state index in [0.717, 1.165) is 32.1 Å². The van der Waals surface area contributed by atoms with Crippen molar-refractivity contribution in [3.63, 3.8) is 0 Å². The molecule has 1 saturated heterocycles. The summed E-state index contributed by atoms with van der Waals surface area (Å²) in [6, 6.07) is 7.48. The van der Waals surface area contributed by atoms with Gasteiger partial charge in [0.25, 0.3) is 5.56 Å². The number of pyridine rings is 1. The van der Waals surface area contributed by atoms with Crippen molar-refractivity contribution in [2.24, 2.45) is 0 Å². The first-order chi connectivity index (χ1) is 20.3. The first kappa shape index (κ1) is 31.5. The number of hydrogen-bond donors (Lipinski definition) is 2. The maximum absolute atomic E-state index is 15.6. The van der Waals surface area contributed by atoms with Crippen LogP contribution in [0.4, 0.5) is 14.6 Å². The molecule has 1 fully saturated rings. The highest BCUT2D eigenvalue weighted by atomic mass is 32.2. The second kappa shape index (κ2) is 12.2. The lowest BCUT2D eigenvalue weighted by atomic mass is 9.86. The summed E-state index contributed by atoms with van der Waals surface area (Å²) in [6.07, 6.45) is 5.29. The van der Waals surface area contributed by atoms with Crippen LogP contribution < -0.4 is 10.9 Å². The molecule has 0 radical (unpaired) electrons. The largest absolute Gasteiger partial charge is 0.384 e. The number of nitrogens with zero attached hydrogens (tertiary/aromatic N) is 3. The van der Waals surface area contributed by atoms with E-state index in [4.69, 9.17) is 0 Å². The molecule has 2 aliphatic heterocycles. The van der Waals surface area contributed by atoms with Gasteiger partial charge < -0.3 is 10.4 Å². The van der Waals surface area contributed by atoms with Crippen LogP contribution >= 0.6 is 0 Å². The minimum atomic E-state index is -3.44. The van der Waals surface area contributed by atoms with Crippen molar-refractivity contribution in [2.45, 2.75) is 109 Å². The van der Waals surface area contributed by atoms with Gasteiger partial charge in [-0.15, -0.1) is 0 Å². The number of aryl methyl sites for hydroxylation is 2. The Bertz CT molecular complexity index is 1640. The van der Waals surface area contributed by atoms with Crippen molar-refractivity contribution in [1.82, 2.24) is 14.5 Å². The van der Waals surface area contributed by atoms with Crippen LogP contribution in [0.3, 0.4) is 0 Å². The second-order valence-electron chi connectivity index (χ2n) is 12.6. The van der Waals surface area contributed by atoms with Crippen molar-refractivity contribution in [1.29, 1.82) is 0 Å². The number of sulfone groups is 1. The molecule has 0 aliphatic carbocycles. The van der Waals surface area contributed by atoms with Gasteiger partial charge in [-0.25, -0.2) is 18.4 Å². The summed E-state index contributed by atoms with van der Waals surface area (Å²) in [4.78, 5) is 23.3. The number of fused-ring (bicyclic) bond motifs is 2. The topological polar surface area (TPSA) is 114 Å². The number of rotatable bonds is 1. The fourth-order valence-electron chi connectivity index (χ4n) is 6.39. The summed E-state index contributed by atoms with van der Waals surface area (Å²) in [7, 11) is -3.11. The third kappa shape index (κ3) is 6.62. The highest BCUT2D eigenvalue weighted by Gasteiger charge is 2.49. The van der Waals surface area contributed by atoms with Gasteiger partial charge in [-0.1, -0.05) is 50.3 Å². The molecule has 4 heterocycles. The Balaban J connectivity index is 1.62. The second-order valence-corrected chi connectivity index (χ2v) is 14.9. The predicted octanol–water partition coefficient (Wildman–Crippen LogP) is 6.15. The summed E-state index contributed by atoms with van der Waals surface area (Å²) in [5.74, 6) is -2.58. The van der Waals surface area contributed by atoms with Crippen molar-refractivity contribution in [2.75, 3.05) is 16.8 Å². The molecule has 5 rings (SSSR count). The molecule has 0 amide bonds. The average molecular weight is 617 g/mol. The predicted molar refractivity (Wildman–Crippen MR) is 164 cm³/mol. The van der Waals surface area contributed by atoms with Crippen LogP contribution in [0.2, 0.25) is 0 Å². The van der Waals surface area contributed by atoms with Crippen molar-refractivity contribution in [3.8, 4) is 0 Å². The van der Waals surface area contributed by atoms with Gasteiger partial charge in [0.1, 0.15) is 32.7 Å². The lowest BCUT2D eigenvalue weighted by Gasteiger charge is -2.33. The molecule has 234 valence electrons. The number of aliphatic hydroxyl groups is 1. The lowest BCUT2D eigenvalue weighted by Crippen LogP contribution is -2.43. The molecular weight excluding hydrogens is 574 g/mol. The Kier molecular flexibility index (Phi) is 8.96. The van der Waals surface area contributed by atoms with E-state index in [2.05, 4.69) is 15.3 Å². The van der Waals surface area contributed by atoms with Gasteiger partial charge in [-0.05, 0) is 70.1 Å². The number of halogens is 2. The van der Waals surface area contributed by atoms with E-state index in [-0.39, 0.29) is 35.0 Å². The zero-order chi connectivity index (χ0) is 31.0. The molecule has 0 saturated carbocycles. The smallest absolute Gasteiger partial charge is 0.300 e. The minimum absolute atomic E-state index is 0.0126. The quantitative estimate of drug-likeness (QED) is 0.337. The Hall–Kier alpha value is -2.92. The molecule has 11 heteroatoms. The number of anilines is 1.